The van der Waals surface area contributed by atoms with E-state index in [1.54, 1.807) is 13.0 Å². The smallest absolute Gasteiger partial charge is 0.257 e. The fourth-order valence-electron chi connectivity index (χ4n) is 1.62. The highest BCUT2D eigenvalue weighted by Gasteiger charge is 2.20. The van der Waals surface area contributed by atoms with Gasteiger partial charge in [-0.05, 0) is 31.9 Å². The third-order valence-electron chi connectivity index (χ3n) is 2.57. The Bertz CT molecular complexity index is 489. The van der Waals surface area contributed by atoms with Crippen LogP contribution in [0.3, 0.4) is 0 Å². The number of nitrogens with zero attached hydrogens (tertiary/aromatic N) is 1. The van der Waals surface area contributed by atoms with E-state index in [0.29, 0.717) is 12.8 Å². The summed E-state index contributed by atoms with van der Waals surface area (Å²) in [5, 5.41) is 19.6. The molecule has 1 unspecified atom stereocenters. The van der Waals surface area contributed by atoms with Crippen LogP contribution in [-0.2, 0) is 0 Å². The van der Waals surface area contributed by atoms with Crippen molar-refractivity contribution in [2.75, 3.05) is 6.61 Å². The number of nitrogens with one attached hydrogen (secondary N) is 1. The molecule has 0 bridgehead atoms. The van der Waals surface area contributed by atoms with Crippen molar-refractivity contribution in [1.29, 1.82) is 5.26 Å². The highest BCUT2D eigenvalue weighted by Crippen LogP contribution is 2.15. The fourth-order valence-corrected chi connectivity index (χ4v) is 1.62. The third kappa shape index (κ3) is 4.00. The van der Waals surface area contributed by atoms with Crippen LogP contribution in [-0.4, -0.2) is 23.7 Å². The molecular weight excluding hydrogens is 254 g/mol. The number of carbonyl (C=O) groups excluding carboxylic acids is 1. The monoisotopic (exact) mass is 268 g/mol. The van der Waals surface area contributed by atoms with Crippen molar-refractivity contribution < 1.29 is 18.7 Å². The second kappa shape index (κ2) is 6.81. The maximum Gasteiger partial charge on any atom is 0.257 e. The molecule has 0 aromatic heterocycles. The van der Waals surface area contributed by atoms with Crippen molar-refractivity contribution in [3.05, 3.63) is 34.9 Å². The molecule has 0 radical (unpaired) electrons. The van der Waals surface area contributed by atoms with Crippen molar-refractivity contribution in [2.24, 2.45) is 0 Å². The van der Waals surface area contributed by atoms with Crippen LogP contribution in [0.4, 0.5) is 8.78 Å². The summed E-state index contributed by atoms with van der Waals surface area (Å²) in [6.45, 7) is 1.66. The number of rotatable bonds is 5. The molecule has 0 fully saturated rings. The van der Waals surface area contributed by atoms with E-state index in [9.17, 15) is 13.6 Å². The lowest BCUT2D eigenvalue weighted by Gasteiger charge is -2.14. The maximum absolute atomic E-state index is 13.6. The van der Waals surface area contributed by atoms with Gasteiger partial charge in [0.1, 0.15) is 17.2 Å². The number of benzene rings is 1. The topological polar surface area (TPSA) is 73.1 Å². The first-order chi connectivity index (χ1) is 8.99. The minimum Gasteiger partial charge on any atom is -0.396 e. The van der Waals surface area contributed by atoms with Gasteiger partial charge in [-0.25, -0.2) is 8.78 Å². The molecule has 102 valence electrons. The van der Waals surface area contributed by atoms with Crippen LogP contribution in [0.5, 0.6) is 0 Å². The van der Waals surface area contributed by atoms with Crippen molar-refractivity contribution >= 4 is 5.91 Å². The molecular formula is C13H14F2N2O2. The first kappa shape index (κ1) is 15.1. The van der Waals surface area contributed by atoms with Crippen LogP contribution in [0.2, 0.25) is 0 Å². The van der Waals surface area contributed by atoms with Gasteiger partial charge in [-0.2, -0.15) is 5.26 Å². The van der Waals surface area contributed by atoms with Gasteiger partial charge in [0.25, 0.3) is 5.91 Å². The molecule has 0 saturated heterocycles. The van der Waals surface area contributed by atoms with Gasteiger partial charge in [0.15, 0.2) is 0 Å². The van der Waals surface area contributed by atoms with Gasteiger partial charge in [-0.3, -0.25) is 4.79 Å². The Hall–Kier alpha value is -2.00. The molecule has 4 nitrogen and oxygen atoms in total. The van der Waals surface area contributed by atoms with E-state index in [0.717, 1.165) is 12.1 Å². The average molecular weight is 268 g/mol. The molecule has 0 spiro atoms. The molecule has 19 heavy (non-hydrogen) atoms. The Balaban J connectivity index is 2.86. The molecule has 1 rings (SSSR count). The normalized spacial score (nSPS) is 11.7. The summed E-state index contributed by atoms with van der Waals surface area (Å²) in [4.78, 5) is 11.7. The zero-order valence-electron chi connectivity index (χ0n) is 10.4. The second-order valence-corrected chi connectivity index (χ2v) is 4.17. The Kier molecular flexibility index (Phi) is 5.39. The van der Waals surface area contributed by atoms with Gasteiger partial charge in [-0.1, -0.05) is 0 Å². The Morgan fingerprint density at radius 2 is 2.05 bits per heavy atom. The molecule has 0 aliphatic heterocycles. The van der Waals surface area contributed by atoms with Crippen molar-refractivity contribution in [2.45, 2.75) is 25.8 Å². The van der Waals surface area contributed by atoms with E-state index in [4.69, 9.17) is 10.4 Å². The molecule has 0 aliphatic carbocycles. The number of aliphatic hydroxyl groups excluding tert-OH is 1. The Morgan fingerprint density at radius 1 is 1.47 bits per heavy atom. The molecule has 2 N–H and O–H groups in total. The van der Waals surface area contributed by atoms with Gasteiger partial charge < -0.3 is 10.4 Å². The van der Waals surface area contributed by atoms with Gasteiger partial charge in [0.05, 0.1) is 11.6 Å². The van der Waals surface area contributed by atoms with E-state index in [1.165, 1.54) is 0 Å². The van der Waals surface area contributed by atoms with E-state index >= 15 is 0 Å². The molecule has 1 aromatic carbocycles. The number of hydrogen-bond acceptors (Lipinski definition) is 3. The van der Waals surface area contributed by atoms with E-state index in [-0.39, 0.29) is 18.2 Å². The molecule has 6 heteroatoms. The van der Waals surface area contributed by atoms with Crippen molar-refractivity contribution in [3.63, 3.8) is 0 Å². The van der Waals surface area contributed by atoms with E-state index in [1.807, 2.05) is 0 Å². The summed E-state index contributed by atoms with van der Waals surface area (Å²) in [7, 11) is 0. The summed E-state index contributed by atoms with van der Waals surface area (Å²) in [5.74, 6) is -3.00. The van der Waals surface area contributed by atoms with Crippen molar-refractivity contribution in [1.82, 2.24) is 5.32 Å². The lowest BCUT2D eigenvalue weighted by molar-refractivity contribution is 0.0928. The first-order valence-corrected chi connectivity index (χ1v) is 5.80. The standard InChI is InChI=1S/C13H14F2N2O2/c1-8(3-2-4-18)17-13(19)12-10(14)5-9(7-16)6-11(12)15/h5-6,8,18H,2-4H2,1H3,(H,17,19). The van der Waals surface area contributed by atoms with Crippen LogP contribution in [0.25, 0.3) is 0 Å². The van der Waals surface area contributed by atoms with Gasteiger partial charge in [-0.15, -0.1) is 0 Å². The average Bonchev–Trinajstić information content (AvgIpc) is 2.35. The van der Waals surface area contributed by atoms with Crippen LogP contribution in [0, 0.1) is 23.0 Å². The van der Waals surface area contributed by atoms with E-state index in [2.05, 4.69) is 5.32 Å². The zero-order chi connectivity index (χ0) is 14.4. The molecule has 1 aromatic rings. The highest BCUT2D eigenvalue weighted by molar-refractivity contribution is 5.95. The predicted molar refractivity (Wildman–Crippen MR) is 64.3 cm³/mol. The minimum absolute atomic E-state index is 0.0141. The molecule has 1 amide bonds. The van der Waals surface area contributed by atoms with Crippen LogP contribution >= 0.6 is 0 Å². The molecule has 0 aliphatic rings. The van der Waals surface area contributed by atoms with Crippen molar-refractivity contribution in [3.8, 4) is 6.07 Å². The summed E-state index contributed by atoms with van der Waals surface area (Å²) >= 11 is 0. The SMILES string of the molecule is CC(CCCO)NC(=O)c1c(F)cc(C#N)cc1F. The maximum atomic E-state index is 13.6. The van der Waals surface area contributed by atoms with Crippen LogP contribution in [0.15, 0.2) is 12.1 Å². The predicted octanol–water partition coefficient (Wildman–Crippen LogP) is 1.73. The zero-order valence-corrected chi connectivity index (χ0v) is 10.4. The number of amides is 1. The van der Waals surface area contributed by atoms with Gasteiger partial charge in [0.2, 0.25) is 0 Å². The number of halogens is 2. The number of hydrogen-bond donors (Lipinski definition) is 2. The summed E-state index contributed by atoms with van der Waals surface area (Å²) in [5.41, 5.74) is -0.880. The highest BCUT2D eigenvalue weighted by atomic mass is 19.1. The van der Waals surface area contributed by atoms with Gasteiger partial charge in [0, 0.05) is 12.6 Å². The molecule has 0 heterocycles. The third-order valence-corrected chi connectivity index (χ3v) is 2.57. The fraction of sp³-hybridized carbons (Fsp3) is 0.385. The van der Waals surface area contributed by atoms with Crippen LogP contribution < -0.4 is 5.32 Å². The lowest BCUT2D eigenvalue weighted by Crippen LogP contribution is -2.33. The summed E-state index contributed by atoms with van der Waals surface area (Å²) in [6.07, 6.45) is 0.988. The number of carbonyl (C=O) groups is 1. The number of aliphatic hydroxyl groups is 1. The second-order valence-electron chi connectivity index (χ2n) is 4.17. The minimum atomic E-state index is -1.07. The van der Waals surface area contributed by atoms with Crippen LogP contribution in [0.1, 0.15) is 35.7 Å². The number of nitriles is 1. The van der Waals surface area contributed by atoms with Gasteiger partial charge >= 0.3 is 0 Å². The Morgan fingerprint density at radius 3 is 2.53 bits per heavy atom. The quantitative estimate of drug-likeness (QED) is 0.854. The summed E-state index contributed by atoms with van der Waals surface area (Å²) in [6, 6.07) is 2.92. The molecule has 1 atom stereocenters. The van der Waals surface area contributed by atoms with E-state index < -0.39 is 23.1 Å². The Labute approximate surface area is 109 Å². The first-order valence-electron chi connectivity index (χ1n) is 5.80. The summed E-state index contributed by atoms with van der Waals surface area (Å²) < 4.78 is 27.1. The largest absolute Gasteiger partial charge is 0.396 e. The molecule has 0 saturated carbocycles. The lowest BCUT2D eigenvalue weighted by atomic mass is 10.1.